The molecule has 0 unspecified atom stereocenters. The van der Waals surface area contributed by atoms with Crippen LogP contribution in [0.2, 0.25) is 0 Å². The minimum absolute atomic E-state index is 0.0703. The van der Waals surface area contributed by atoms with Crippen LogP contribution in [0.1, 0.15) is 16.3 Å². The molecule has 0 fully saturated rings. The molecule has 0 saturated heterocycles. The van der Waals surface area contributed by atoms with Gasteiger partial charge in [0.25, 0.3) is 0 Å². The fourth-order valence-corrected chi connectivity index (χ4v) is 2.74. The molecular weight excluding hydrogens is 332 g/mol. The number of rotatable bonds is 9. The fourth-order valence-electron chi connectivity index (χ4n) is 2.15. The summed E-state index contributed by atoms with van der Waals surface area (Å²) in [6, 6.07) is 7.59. The summed E-state index contributed by atoms with van der Waals surface area (Å²) in [5.41, 5.74) is 1.86. The van der Waals surface area contributed by atoms with E-state index in [1.54, 1.807) is 40.5 Å². The van der Waals surface area contributed by atoms with Gasteiger partial charge in [-0.05, 0) is 30.7 Å². The summed E-state index contributed by atoms with van der Waals surface area (Å²) < 4.78 is 5.71. The number of aryl methyl sites for hydroxylation is 1. The highest BCUT2D eigenvalue weighted by Gasteiger charge is 2.06. The van der Waals surface area contributed by atoms with Crippen LogP contribution in [0.3, 0.4) is 0 Å². The topological polar surface area (TPSA) is 42.4 Å². The average Bonchev–Trinajstić information content (AvgIpc) is 3.04. The first-order valence-corrected chi connectivity index (χ1v) is 8.83. The number of aromatic nitrogens is 1. The summed E-state index contributed by atoms with van der Waals surface area (Å²) in [6.45, 7) is 10.8. The van der Waals surface area contributed by atoms with Crippen molar-refractivity contribution in [3.8, 4) is 5.75 Å². The van der Waals surface area contributed by atoms with Gasteiger partial charge in [0.05, 0.1) is 10.7 Å². The Bertz CT molecular complexity index is 737. The van der Waals surface area contributed by atoms with Crippen molar-refractivity contribution in [2.45, 2.75) is 13.5 Å². The lowest BCUT2D eigenvalue weighted by Gasteiger charge is -2.16. The van der Waals surface area contributed by atoms with E-state index in [0.717, 1.165) is 22.0 Å². The standard InChI is InChI=1S/C20H22N2O2S/c1-4-12-22(13-5-2)20(23)11-8-17-6-9-19(10-7-17)24-14-18-15-25-16(3)21-18/h4-11,15H,1-2,12-14H2,3H3/b11-8+. The second kappa shape index (κ2) is 9.59. The lowest BCUT2D eigenvalue weighted by Crippen LogP contribution is -2.29. The van der Waals surface area contributed by atoms with Crippen LogP contribution in [0.25, 0.3) is 6.08 Å². The van der Waals surface area contributed by atoms with Crippen molar-refractivity contribution in [3.63, 3.8) is 0 Å². The minimum atomic E-state index is -0.0703. The third kappa shape index (κ3) is 6.04. The van der Waals surface area contributed by atoms with Crippen molar-refractivity contribution >= 4 is 23.3 Å². The van der Waals surface area contributed by atoms with Gasteiger partial charge in [-0.2, -0.15) is 0 Å². The molecule has 1 aromatic carbocycles. The Hall–Kier alpha value is -2.66. The monoisotopic (exact) mass is 354 g/mol. The maximum atomic E-state index is 12.1. The molecule has 2 aromatic rings. The van der Waals surface area contributed by atoms with Gasteiger partial charge in [0.15, 0.2) is 0 Å². The fraction of sp³-hybridized carbons (Fsp3) is 0.200. The minimum Gasteiger partial charge on any atom is -0.487 e. The van der Waals surface area contributed by atoms with Crippen LogP contribution in [0, 0.1) is 6.92 Å². The third-order valence-electron chi connectivity index (χ3n) is 3.36. The number of benzene rings is 1. The zero-order chi connectivity index (χ0) is 18.1. The molecule has 1 aromatic heterocycles. The summed E-state index contributed by atoms with van der Waals surface area (Å²) in [6.07, 6.45) is 6.74. The van der Waals surface area contributed by atoms with Gasteiger partial charge in [0.1, 0.15) is 12.4 Å². The van der Waals surface area contributed by atoms with Crippen molar-refractivity contribution in [1.29, 1.82) is 0 Å². The molecule has 0 spiro atoms. The quantitative estimate of drug-likeness (QED) is 0.499. The van der Waals surface area contributed by atoms with Crippen LogP contribution in [-0.2, 0) is 11.4 Å². The van der Waals surface area contributed by atoms with E-state index < -0.39 is 0 Å². The predicted octanol–water partition coefficient (Wildman–Crippen LogP) is 4.24. The number of hydrogen-bond acceptors (Lipinski definition) is 4. The Morgan fingerprint density at radius 1 is 1.24 bits per heavy atom. The van der Waals surface area contributed by atoms with Crippen molar-refractivity contribution in [1.82, 2.24) is 9.88 Å². The van der Waals surface area contributed by atoms with E-state index in [-0.39, 0.29) is 5.91 Å². The molecule has 0 radical (unpaired) electrons. The molecule has 1 amide bonds. The lowest BCUT2D eigenvalue weighted by atomic mass is 10.2. The second-order valence-corrected chi connectivity index (χ2v) is 6.43. The van der Waals surface area contributed by atoms with E-state index in [1.165, 1.54) is 0 Å². The summed E-state index contributed by atoms with van der Waals surface area (Å²) in [7, 11) is 0. The molecule has 0 aliphatic rings. The van der Waals surface area contributed by atoms with Gasteiger partial charge in [-0.1, -0.05) is 24.3 Å². The van der Waals surface area contributed by atoms with E-state index in [2.05, 4.69) is 18.1 Å². The molecule has 0 atom stereocenters. The van der Waals surface area contributed by atoms with E-state index in [0.29, 0.717) is 19.7 Å². The number of ether oxygens (including phenoxy) is 1. The Kier molecular flexibility index (Phi) is 7.16. The highest BCUT2D eigenvalue weighted by atomic mass is 32.1. The smallest absolute Gasteiger partial charge is 0.247 e. The maximum Gasteiger partial charge on any atom is 0.247 e. The molecule has 0 aliphatic carbocycles. The number of nitrogens with zero attached hydrogens (tertiary/aromatic N) is 2. The zero-order valence-electron chi connectivity index (χ0n) is 14.4. The third-order valence-corrected chi connectivity index (χ3v) is 4.18. The normalized spacial score (nSPS) is 10.6. The SMILES string of the molecule is C=CCN(CC=C)C(=O)/C=C/c1ccc(OCc2csc(C)n2)cc1. The summed E-state index contributed by atoms with van der Waals surface area (Å²) in [5, 5.41) is 3.03. The zero-order valence-corrected chi connectivity index (χ0v) is 15.2. The number of hydrogen-bond donors (Lipinski definition) is 0. The van der Waals surface area contributed by atoms with Crippen LogP contribution in [0.15, 0.2) is 61.0 Å². The summed E-state index contributed by atoms with van der Waals surface area (Å²) >= 11 is 1.61. The highest BCUT2D eigenvalue weighted by Crippen LogP contribution is 2.16. The molecular formula is C20H22N2O2S. The van der Waals surface area contributed by atoms with Crippen LogP contribution >= 0.6 is 11.3 Å². The Labute approximate surface area is 152 Å². The van der Waals surface area contributed by atoms with Crippen LogP contribution in [-0.4, -0.2) is 28.9 Å². The van der Waals surface area contributed by atoms with E-state index in [1.807, 2.05) is 36.6 Å². The summed E-state index contributed by atoms with van der Waals surface area (Å²) in [5.74, 6) is 0.702. The molecule has 0 aliphatic heterocycles. The molecule has 130 valence electrons. The van der Waals surface area contributed by atoms with E-state index in [4.69, 9.17) is 4.74 Å². The van der Waals surface area contributed by atoms with Crippen LogP contribution < -0.4 is 4.74 Å². The maximum absolute atomic E-state index is 12.1. The molecule has 0 N–H and O–H groups in total. The van der Waals surface area contributed by atoms with E-state index in [9.17, 15) is 4.79 Å². The Morgan fingerprint density at radius 2 is 1.92 bits per heavy atom. The van der Waals surface area contributed by atoms with Gasteiger partial charge in [-0.3, -0.25) is 4.79 Å². The first-order valence-electron chi connectivity index (χ1n) is 7.95. The average molecular weight is 354 g/mol. The second-order valence-electron chi connectivity index (χ2n) is 5.37. The van der Waals surface area contributed by atoms with Crippen molar-refractivity contribution in [2.75, 3.05) is 13.1 Å². The Morgan fingerprint density at radius 3 is 2.48 bits per heavy atom. The van der Waals surface area contributed by atoms with Crippen molar-refractivity contribution in [2.24, 2.45) is 0 Å². The molecule has 1 heterocycles. The van der Waals surface area contributed by atoms with Crippen molar-refractivity contribution < 1.29 is 9.53 Å². The van der Waals surface area contributed by atoms with Gasteiger partial charge < -0.3 is 9.64 Å². The largest absolute Gasteiger partial charge is 0.487 e. The molecule has 2 rings (SSSR count). The lowest BCUT2D eigenvalue weighted by molar-refractivity contribution is -0.124. The molecule has 25 heavy (non-hydrogen) atoms. The predicted molar refractivity (Wildman–Crippen MR) is 104 cm³/mol. The van der Waals surface area contributed by atoms with Gasteiger partial charge >= 0.3 is 0 Å². The first-order chi connectivity index (χ1) is 12.1. The number of amides is 1. The summed E-state index contributed by atoms with van der Waals surface area (Å²) in [4.78, 5) is 18.2. The number of thiazole rings is 1. The van der Waals surface area contributed by atoms with Gasteiger partial charge in [-0.25, -0.2) is 4.98 Å². The van der Waals surface area contributed by atoms with E-state index >= 15 is 0 Å². The molecule has 4 nitrogen and oxygen atoms in total. The molecule has 0 bridgehead atoms. The number of carbonyl (C=O) groups excluding carboxylic acids is 1. The van der Waals surface area contributed by atoms with Gasteiger partial charge in [0.2, 0.25) is 5.91 Å². The molecule has 5 heteroatoms. The Balaban J connectivity index is 1.91. The van der Waals surface area contributed by atoms with Gasteiger partial charge in [-0.15, -0.1) is 24.5 Å². The molecule has 0 saturated carbocycles. The van der Waals surface area contributed by atoms with Crippen LogP contribution in [0.4, 0.5) is 0 Å². The van der Waals surface area contributed by atoms with Crippen LogP contribution in [0.5, 0.6) is 5.75 Å². The number of carbonyl (C=O) groups is 1. The van der Waals surface area contributed by atoms with Gasteiger partial charge in [0, 0.05) is 24.5 Å². The van der Waals surface area contributed by atoms with Crippen molar-refractivity contribution in [3.05, 3.63) is 77.3 Å². The first kappa shape index (κ1) is 18.7. The highest BCUT2D eigenvalue weighted by molar-refractivity contribution is 7.09.